The van der Waals surface area contributed by atoms with Crippen molar-refractivity contribution in [3.63, 3.8) is 0 Å². The Morgan fingerprint density at radius 2 is 1.83 bits per heavy atom. The van der Waals surface area contributed by atoms with Crippen LogP contribution < -0.4 is 62.0 Å². The van der Waals surface area contributed by atoms with Crippen LogP contribution in [0.25, 0.3) is 0 Å². The van der Waals surface area contributed by atoms with E-state index in [0.29, 0.717) is 11.5 Å². The molecule has 2 aliphatic rings. The maximum Gasteiger partial charge on any atom is 1.00 e. The van der Waals surface area contributed by atoms with Gasteiger partial charge in [-0.3, -0.25) is 7.05 Å². The molecule has 1 saturated heterocycles. The Hall–Kier alpha value is 1.56. The van der Waals surface area contributed by atoms with Gasteiger partial charge in [-0.2, -0.15) is 0 Å². The number of rotatable bonds is 1. The second-order valence-corrected chi connectivity index (χ2v) is 4.08. The van der Waals surface area contributed by atoms with Gasteiger partial charge in [0.2, 0.25) is 0 Å². The fourth-order valence-corrected chi connectivity index (χ4v) is 2.27. The van der Waals surface area contributed by atoms with Gasteiger partial charge in [0, 0.05) is 13.1 Å². The first-order valence-electron chi connectivity index (χ1n) is 4.58. The summed E-state index contributed by atoms with van der Waals surface area (Å²) in [5, 5.41) is 6.49. The van der Waals surface area contributed by atoms with Crippen LogP contribution >= 0.6 is 0 Å². The van der Waals surface area contributed by atoms with Crippen molar-refractivity contribution in [3.05, 3.63) is 7.05 Å². The van der Waals surface area contributed by atoms with Crippen molar-refractivity contribution >= 4 is 0 Å². The van der Waals surface area contributed by atoms with Crippen LogP contribution in [0.1, 0.15) is 25.7 Å². The topological polar surface area (TPSA) is 24.1 Å². The van der Waals surface area contributed by atoms with Crippen LogP contribution in [0, 0.1) is 12.5 Å². The Balaban J connectivity index is 0.000000720. The molecule has 0 aromatic heterocycles. The molecule has 1 spiro atoms. The molecule has 2 rings (SSSR count). The largest absolute Gasteiger partial charge is 1.00 e. The van der Waals surface area contributed by atoms with E-state index in [9.17, 15) is 0 Å². The number of hydrogen-bond acceptors (Lipinski definition) is 2. The third kappa shape index (κ3) is 2.32. The molecule has 1 aliphatic carbocycles. The molecule has 0 atom stereocenters. The molecule has 3 heteroatoms. The van der Waals surface area contributed by atoms with Crippen LogP contribution in [0.5, 0.6) is 0 Å². The van der Waals surface area contributed by atoms with Gasteiger partial charge in [0.25, 0.3) is 0 Å². The molecule has 1 saturated carbocycles. The van der Waals surface area contributed by atoms with Gasteiger partial charge in [0.1, 0.15) is 0 Å². The SMILES string of the molecule is [CH2-]NC1CCC2(CC1)CNC2.[K+]. The van der Waals surface area contributed by atoms with Crippen molar-refractivity contribution in [2.45, 2.75) is 31.7 Å². The summed E-state index contributed by atoms with van der Waals surface area (Å²) >= 11 is 0. The summed E-state index contributed by atoms with van der Waals surface area (Å²) in [5.41, 5.74) is 0.702. The fraction of sp³-hybridized carbons (Fsp3) is 0.889. The van der Waals surface area contributed by atoms with E-state index in [4.69, 9.17) is 0 Å². The van der Waals surface area contributed by atoms with Crippen LogP contribution in [0.15, 0.2) is 0 Å². The van der Waals surface area contributed by atoms with E-state index in [-0.39, 0.29) is 51.4 Å². The average molecular weight is 192 g/mol. The molecule has 0 radical (unpaired) electrons. The summed E-state index contributed by atoms with van der Waals surface area (Å²) < 4.78 is 0. The van der Waals surface area contributed by atoms with Crippen LogP contribution in [0.3, 0.4) is 0 Å². The molecule has 2 N–H and O–H groups in total. The zero-order chi connectivity index (χ0) is 7.73. The monoisotopic (exact) mass is 192 g/mol. The molecule has 0 aromatic carbocycles. The molecular weight excluding hydrogens is 175 g/mol. The van der Waals surface area contributed by atoms with E-state index >= 15 is 0 Å². The molecule has 0 unspecified atom stereocenters. The molecule has 12 heavy (non-hydrogen) atoms. The summed E-state index contributed by atoms with van der Waals surface area (Å²) in [6, 6.07) is 0.696. The third-order valence-electron chi connectivity index (χ3n) is 3.33. The Morgan fingerprint density at radius 1 is 1.25 bits per heavy atom. The molecule has 0 amide bonds. The van der Waals surface area contributed by atoms with Gasteiger partial charge in [-0.1, -0.05) is 0 Å². The van der Waals surface area contributed by atoms with E-state index in [0.717, 1.165) is 0 Å². The van der Waals surface area contributed by atoms with Crippen LogP contribution in [-0.4, -0.2) is 19.1 Å². The van der Waals surface area contributed by atoms with Crippen molar-refractivity contribution < 1.29 is 51.4 Å². The predicted octanol–water partition coefficient (Wildman–Crippen LogP) is -2.10. The second-order valence-electron chi connectivity index (χ2n) is 4.08. The van der Waals surface area contributed by atoms with Crippen LogP contribution in [0.4, 0.5) is 0 Å². The standard InChI is InChI=1S/C9H17N2.K/c1-10-8-2-4-9(5-3-8)6-11-7-9;/h8,10-11H,1-7H2;/q-1;+1. The normalized spacial score (nSPS) is 27.8. The Labute approximate surface area is 118 Å². The van der Waals surface area contributed by atoms with Crippen molar-refractivity contribution in [3.8, 4) is 0 Å². The summed E-state index contributed by atoms with van der Waals surface area (Å²) in [7, 11) is 3.74. The summed E-state index contributed by atoms with van der Waals surface area (Å²) in [6.45, 7) is 2.52. The van der Waals surface area contributed by atoms with Gasteiger partial charge >= 0.3 is 51.4 Å². The van der Waals surface area contributed by atoms with Gasteiger partial charge in [-0.25, -0.2) is 0 Å². The molecular formula is C9H17KN2. The first kappa shape index (κ1) is 11.6. The van der Waals surface area contributed by atoms with Crippen LogP contribution in [-0.2, 0) is 0 Å². The molecule has 0 aromatic rings. The smallest absolute Gasteiger partial charge is 0.470 e. The zero-order valence-electron chi connectivity index (χ0n) is 8.03. The van der Waals surface area contributed by atoms with Crippen molar-refractivity contribution in [1.29, 1.82) is 0 Å². The quantitative estimate of drug-likeness (QED) is 0.367. The van der Waals surface area contributed by atoms with Gasteiger partial charge < -0.3 is 10.6 Å². The molecule has 2 nitrogen and oxygen atoms in total. The van der Waals surface area contributed by atoms with Gasteiger partial charge in [-0.05, 0) is 37.1 Å². The van der Waals surface area contributed by atoms with E-state index in [1.165, 1.54) is 38.8 Å². The molecule has 0 bridgehead atoms. The molecule has 2 fully saturated rings. The van der Waals surface area contributed by atoms with E-state index < -0.39 is 0 Å². The van der Waals surface area contributed by atoms with E-state index in [1.54, 1.807) is 0 Å². The maximum atomic E-state index is 3.74. The van der Waals surface area contributed by atoms with E-state index in [1.807, 2.05) is 0 Å². The molecule has 1 heterocycles. The summed E-state index contributed by atoms with van der Waals surface area (Å²) in [6.07, 6.45) is 5.44. The number of hydrogen-bond donors (Lipinski definition) is 2. The molecule has 64 valence electrons. The van der Waals surface area contributed by atoms with Crippen molar-refractivity contribution in [2.24, 2.45) is 5.41 Å². The van der Waals surface area contributed by atoms with Crippen LogP contribution in [0.2, 0.25) is 0 Å². The van der Waals surface area contributed by atoms with Gasteiger partial charge in [0.05, 0.1) is 0 Å². The zero-order valence-corrected chi connectivity index (χ0v) is 11.2. The fourth-order valence-electron chi connectivity index (χ4n) is 2.27. The Morgan fingerprint density at radius 3 is 2.17 bits per heavy atom. The summed E-state index contributed by atoms with van der Waals surface area (Å²) in [5.74, 6) is 0. The van der Waals surface area contributed by atoms with Gasteiger partial charge in [-0.15, -0.1) is 0 Å². The second kappa shape index (κ2) is 4.87. The average Bonchev–Trinajstić information content (AvgIpc) is 2.02. The Kier molecular flexibility index (Phi) is 4.72. The minimum atomic E-state index is 0. The summed E-state index contributed by atoms with van der Waals surface area (Å²) in [4.78, 5) is 0. The number of nitrogens with one attached hydrogen (secondary N) is 2. The van der Waals surface area contributed by atoms with E-state index in [2.05, 4.69) is 17.7 Å². The maximum absolute atomic E-state index is 3.74. The Bertz CT molecular complexity index is 135. The van der Waals surface area contributed by atoms with Crippen molar-refractivity contribution in [1.82, 2.24) is 10.6 Å². The first-order chi connectivity index (χ1) is 5.35. The molecule has 1 aliphatic heterocycles. The van der Waals surface area contributed by atoms with Gasteiger partial charge in [0.15, 0.2) is 0 Å². The first-order valence-corrected chi connectivity index (χ1v) is 4.58. The minimum absolute atomic E-state index is 0. The third-order valence-corrected chi connectivity index (χ3v) is 3.33. The predicted molar refractivity (Wildman–Crippen MR) is 46.1 cm³/mol. The van der Waals surface area contributed by atoms with Crippen molar-refractivity contribution in [2.75, 3.05) is 13.1 Å². The minimum Gasteiger partial charge on any atom is -0.470 e.